The van der Waals surface area contributed by atoms with Gasteiger partial charge in [0.15, 0.2) is 0 Å². The highest BCUT2D eigenvalue weighted by atomic mass is 15.3. The Bertz CT molecular complexity index is 563. The standard InChI is InChI=1S/C15H18N4/c1-2-3-5-10-15(18-16)13-11-17-19(12-13)14-8-6-4-7-9-14/h4,6-9,11-12,15,18H,5,10,16H2,1H3. The number of hydrogen-bond donors (Lipinski definition) is 2. The number of hydrazine groups is 1. The molecule has 0 aliphatic heterocycles. The van der Waals surface area contributed by atoms with Gasteiger partial charge in [-0.3, -0.25) is 11.3 Å². The summed E-state index contributed by atoms with van der Waals surface area (Å²) in [6, 6.07) is 10.1. The maximum atomic E-state index is 5.60. The lowest BCUT2D eigenvalue weighted by atomic mass is 10.1. The molecule has 0 fully saturated rings. The minimum Gasteiger partial charge on any atom is -0.271 e. The molecular formula is C15H18N4. The molecule has 4 heteroatoms. The van der Waals surface area contributed by atoms with Crippen molar-refractivity contribution in [3.05, 3.63) is 48.3 Å². The predicted molar refractivity (Wildman–Crippen MR) is 76.3 cm³/mol. The Morgan fingerprint density at radius 3 is 2.84 bits per heavy atom. The average molecular weight is 254 g/mol. The van der Waals surface area contributed by atoms with Gasteiger partial charge in [0, 0.05) is 24.2 Å². The molecular weight excluding hydrogens is 236 g/mol. The van der Waals surface area contributed by atoms with Crippen LogP contribution < -0.4 is 11.3 Å². The zero-order valence-corrected chi connectivity index (χ0v) is 11.0. The SMILES string of the molecule is CC#CCCC(NN)c1cnn(-c2ccccc2)c1. The highest BCUT2D eigenvalue weighted by Crippen LogP contribution is 2.18. The summed E-state index contributed by atoms with van der Waals surface area (Å²) < 4.78 is 1.85. The first-order valence-electron chi connectivity index (χ1n) is 6.31. The number of nitrogens with two attached hydrogens (primary N) is 1. The maximum absolute atomic E-state index is 5.60. The van der Waals surface area contributed by atoms with Crippen LogP contribution in [0.1, 0.15) is 31.4 Å². The number of para-hydroxylation sites is 1. The van der Waals surface area contributed by atoms with E-state index in [0.717, 1.165) is 24.1 Å². The smallest absolute Gasteiger partial charge is 0.0645 e. The molecule has 0 saturated heterocycles. The van der Waals surface area contributed by atoms with E-state index in [2.05, 4.69) is 22.4 Å². The van der Waals surface area contributed by atoms with Crippen molar-refractivity contribution in [1.29, 1.82) is 0 Å². The molecule has 0 spiro atoms. The number of benzene rings is 1. The van der Waals surface area contributed by atoms with Crippen molar-refractivity contribution in [2.75, 3.05) is 0 Å². The molecule has 0 saturated carbocycles. The molecule has 1 aromatic heterocycles. The van der Waals surface area contributed by atoms with Gasteiger partial charge in [0.05, 0.1) is 11.9 Å². The lowest BCUT2D eigenvalue weighted by molar-refractivity contribution is 0.523. The largest absolute Gasteiger partial charge is 0.271 e. The van der Waals surface area contributed by atoms with Crippen LogP contribution in [0.2, 0.25) is 0 Å². The van der Waals surface area contributed by atoms with Gasteiger partial charge >= 0.3 is 0 Å². The van der Waals surface area contributed by atoms with E-state index < -0.39 is 0 Å². The number of hydrogen-bond acceptors (Lipinski definition) is 3. The zero-order valence-electron chi connectivity index (χ0n) is 11.0. The minimum atomic E-state index is 0.0818. The van der Waals surface area contributed by atoms with Gasteiger partial charge in [-0.25, -0.2) is 4.68 Å². The molecule has 19 heavy (non-hydrogen) atoms. The fraction of sp³-hybridized carbons (Fsp3) is 0.267. The Hall–Kier alpha value is -2.09. The fourth-order valence-corrected chi connectivity index (χ4v) is 1.93. The average Bonchev–Trinajstić information content (AvgIpc) is 2.94. The van der Waals surface area contributed by atoms with E-state index in [1.54, 1.807) is 0 Å². The molecule has 2 rings (SSSR count). The monoisotopic (exact) mass is 254 g/mol. The Labute approximate surface area is 113 Å². The second-order valence-corrected chi connectivity index (χ2v) is 4.24. The van der Waals surface area contributed by atoms with Crippen LogP contribution in [-0.2, 0) is 0 Å². The van der Waals surface area contributed by atoms with Crippen molar-refractivity contribution in [2.45, 2.75) is 25.8 Å². The molecule has 98 valence electrons. The molecule has 3 N–H and O–H groups in total. The van der Waals surface area contributed by atoms with Gasteiger partial charge in [-0.1, -0.05) is 18.2 Å². The van der Waals surface area contributed by atoms with Gasteiger partial charge in [-0.15, -0.1) is 11.8 Å². The van der Waals surface area contributed by atoms with E-state index in [1.165, 1.54) is 0 Å². The van der Waals surface area contributed by atoms with Gasteiger partial charge in [-0.05, 0) is 25.5 Å². The first-order valence-corrected chi connectivity index (χ1v) is 6.31. The van der Waals surface area contributed by atoms with Crippen LogP contribution >= 0.6 is 0 Å². The van der Waals surface area contributed by atoms with E-state index in [1.807, 2.05) is 54.3 Å². The van der Waals surface area contributed by atoms with Crippen molar-refractivity contribution in [3.63, 3.8) is 0 Å². The molecule has 4 nitrogen and oxygen atoms in total. The van der Waals surface area contributed by atoms with E-state index in [9.17, 15) is 0 Å². The predicted octanol–water partition coefficient (Wildman–Crippen LogP) is 2.18. The first-order chi connectivity index (χ1) is 9.35. The van der Waals surface area contributed by atoms with E-state index in [4.69, 9.17) is 5.84 Å². The third-order valence-corrected chi connectivity index (χ3v) is 2.96. The van der Waals surface area contributed by atoms with Gasteiger partial charge in [-0.2, -0.15) is 5.10 Å². The van der Waals surface area contributed by atoms with Gasteiger partial charge in [0.2, 0.25) is 0 Å². The van der Waals surface area contributed by atoms with Crippen molar-refractivity contribution in [3.8, 4) is 17.5 Å². The normalized spacial score (nSPS) is 11.7. The van der Waals surface area contributed by atoms with Crippen LogP contribution in [0.25, 0.3) is 5.69 Å². The lowest BCUT2D eigenvalue weighted by Gasteiger charge is -2.11. The molecule has 1 aromatic carbocycles. The van der Waals surface area contributed by atoms with Crippen molar-refractivity contribution in [1.82, 2.24) is 15.2 Å². The molecule has 0 aliphatic rings. The third kappa shape index (κ3) is 3.44. The Morgan fingerprint density at radius 1 is 1.37 bits per heavy atom. The highest BCUT2D eigenvalue weighted by molar-refractivity contribution is 5.31. The summed E-state index contributed by atoms with van der Waals surface area (Å²) in [6.45, 7) is 1.85. The Morgan fingerprint density at radius 2 is 2.16 bits per heavy atom. The number of nitrogens with one attached hydrogen (secondary N) is 1. The van der Waals surface area contributed by atoms with Crippen molar-refractivity contribution < 1.29 is 0 Å². The summed E-state index contributed by atoms with van der Waals surface area (Å²) in [6.07, 6.45) is 5.54. The topological polar surface area (TPSA) is 55.9 Å². The summed E-state index contributed by atoms with van der Waals surface area (Å²) in [5.41, 5.74) is 4.93. The zero-order chi connectivity index (χ0) is 13.5. The summed E-state index contributed by atoms with van der Waals surface area (Å²) in [4.78, 5) is 0. The molecule has 0 aliphatic carbocycles. The van der Waals surface area contributed by atoms with Gasteiger partial charge in [0.1, 0.15) is 0 Å². The van der Waals surface area contributed by atoms with Crippen LogP contribution in [0.3, 0.4) is 0 Å². The van der Waals surface area contributed by atoms with Crippen molar-refractivity contribution in [2.24, 2.45) is 5.84 Å². The molecule has 1 unspecified atom stereocenters. The van der Waals surface area contributed by atoms with E-state index in [-0.39, 0.29) is 6.04 Å². The lowest BCUT2D eigenvalue weighted by Crippen LogP contribution is -2.27. The Balaban J connectivity index is 2.12. The fourth-order valence-electron chi connectivity index (χ4n) is 1.93. The van der Waals surface area contributed by atoms with E-state index in [0.29, 0.717) is 0 Å². The van der Waals surface area contributed by atoms with Crippen LogP contribution in [0.4, 0.5) is 0 Å². The molecule has 1 atom stereocenters. The quantitative estimate of drug-likeness (QED) is 0.488. The van der Waals surface area contributed by atoms with Crippen LogP contribution in [0.5, 0.6) is 0 Å². The van der Waals surface area contributed by atoms with Gasteiger partial charge in [0.25, 0.3) is 0 Å². The minimum absolute atomic E-state index is 0.0818. The van der Waals surface area contributed by atoms with Crippen LogP contribution in [0.15, 0.2) is 42.7 Å². The summed E-state index contributed by atoms with van der Waals surface area (Å²) in [5.74, 6) is 11.5. The third-order valence-electron chi connectivity index (χ3n) is 2.96. The van der Waals surface area contributed by atoms with E-state index >= 15 is 0 Å². The van der Waals surface area contributed by atoms with Crippen molar-refractivity contribution >= 4 is 0 Å². The first kappa shape index (κ1) is 13.3. The number of rotatable bonds is 5. The molecule has 1 heterocycles. The number of aromatic nitrogens is 2. The summed E-state index contributed by atoms with van der Waals surface area (Å²) >= 11 is 0. The Kier molecular flexibility index (Phi) is 4.73. The summed E-state index contributed by atoms with van der Waals surface area (Å²) in [5, 5.41) is 4.37. The second-order valence-electron chi connectivity index (χ2n) is 4.24. The summed E-state index contributed by atoms with van der Waals surface area (Å²) in [7, 11) is 0. The second kappa shape index (κ2) is 6.74. The van der Waals surface area contributed by atoms with Crippen LogP contribution in [0, 0.1) is 11.8 Å². The molecule has 2 aromatic rings. The highest BCUT2D eigenvalue weighted by Gasteiger charge is 2.11. The number of nitrogens with zero attached hydrogens (tertiary/aromatic N) is 2. The molecule has 0 amide bonds. The molecule has 0 bridgehead atoms. The maximum Gasteiger partial charge on any atom is 0.0645 e. The molecule has 0 radical (unpaired) electrons. The van der Waals surface area contributed by atoms with Crippen LogP contribution in [-0.4, -0.2) is 9.78 Å². The van der Waals surface area contributed by atoms with Gasteiger partial charge < -0.3 is 0 Å².